The molecule has 0 fully saturated rings. The van der Waals surface area contributed by atoms with Crippen molar-refractivity contribution in [3.63, 3.8) is 0 Å². The third-order valence-corrected chi connectivity index (χ3v) is 5.90. The smallest absolute Gasteiger partial charge is 0.407 e. The number of aromatic nitrogens is 4. The van der Waals surface area contributed by atoms with Crippen LogP contribution >= 0.6 is 0 Å². The molecule has 10 heteroatoms. The number of rotatable bonds is 10. The molecule has 0 bridgehead atoms. The van der Waals surface area contributed by atoms with E-state index >= 15 is 0 Å². The monoisotopic (exact) mass is 539 g/mol. The zero-order valence-electron chi connectivity index (χ0n) is 23.1. The van der Waals surface area contributed by atoms with Crippen molar-refractivity contribution >= 4 is 17.7 Å². The summed E-state index contributed by atoms with van der Waals surface area (Å²) in [5.41, 5.74) is 2.99. The van der Waals surface area contributed by atoms with Crippen molar-refractivity contribution in [2.75, 3.05) is 18.5 Å². The number of ether oxygens (including phenoxy) is 2. The molecule has 10 nitrogen and oxygen atoms in total. The molecule has 0 radical (unpaired) electrons. The van der Waals surface area contributed by atoms with Crippen LogP contribution in [0.4, 0.5) is 16.4 Å². The van der Waals surface area contributed by atoms with Gasteiger partial charge >= 0.3 is 6.09 Å². The Kier molecular flexibility index (Phi) is 8.96. The Morgan fingerprint density at radius 3 is 2.52 bits per heavy atom. The van der Waals surface area contributed by atoms with E-state index in [1.807, 2.05) is 87.0 Å². The van der Waals surface area contributed by atoms with Gasteiger partial charge in [0.1, 0.15) is 24.0 Å². The van der Waals surface area contributed by atoms with E-state index in [1.54, 1.807) is 12.5 Å². The largest absolute Gasteiger partial charge is 0.492 e. The van der Waals surface area contributed by atoms with Gasteiger partial charge in [-0.15, -0.1) is 0 Å². The first kappa shape index (κ1) is 28.1. The van der Waals surface area contributed by atoms with Gasteiger partial charge in [-0.2, -0.15) is 5.26 Å². The number of anilines is 2. The number of amides is 1. The summed E-state index contributed by atoms with van der Waals surface area (Å²) < 4.78 is 13.1. The number of carbonyl (C=O) groups excluding carboxylic acids is 1. The van der Waals surface area contributed by atoms with Crippen molar-refractivity contribution in [1.29, 1.82) is 5.26 Å². The van der Waals surface area contributed by atoms with Crippen molar-refractivity contribution in [2.45, 2.75) is 45.8 Å². The second-order valence-electron chi connectivity index (χ2n) is 10.3. The molecule has 4 aromatic rings. The molecule has 0 aliphatic carbocycles. The van der Waals surface area contributed by atoms with Gasteiger partial charge in [0.25, 0.3) is 0 Å². The molecule has 1 atom stereocenters. The number of carbonyl (C=O) groups is 1. The molecular formula is C30H33N7O3. The van der Waals surface area contributed by atoms with Crippen LogP contribution < -0.4 is 15.4 Å². The molecule has 1 amide bonds. The fraction of sp³-hybridized carbons (Fsp3) is 0.300. The van der Waals surface area contributed by atoms with Crippen LogP contribution in [-0.4, -0.2) is 44.4 Å². The molecule has 0 saturated heterocycles. The molecule has 40 heavy (non-hydrogen) atoms. The van der Waals surface area contributed by atoms with E-state index < -0.39 is 11.7 Å². The average molecular weight is 540 g/mol. The summed E-state index contributed by atoms with van der Waals surface area (Å²) in [6.45, 7) is 9.19. The van der Waals surface area contributed by atoms with Crippen molar-refractivity contribution in [2.24, 2.45) is 0 Å². The number of imidazole rings is 1. The van der Waals surface area contributed by atoms with E-state index in [1.165, 1.54) is 6.20 Å². The van der Waals surface area contributed by atoms with Gasteiger partial charge in [-0.05, 0) is 56.5 Å². The van der Waals surface area contributed by atoms with Crippen LogP contribution in [-0.2, 0) is 11.3 Å². The molecule has 0 aliphatic heterocycles. The molecule has 2 heterocycles. The molecule has 0 spiro atoms. The highest BCUT2D eigenvalue weighted by Gasteiger charge is 2.17. The van der Waals surface area contributed by atoms with E-state index in [0.29, 0.717) is 36.9 Å². The van der Waals surface area contributed by atoms with E-state index in [9.17, 15) is 10.1 Å². The molecule has 4 rings (SSSR count). The Balaban J connectivity index is 1.38. The van der Waals surface area contributed by atoms with Gasteiger partial charge in [-0.1, -0.05) is 31.2 Å². The lowest BCUT2D eigenvalue weighted by Crippen LogP contribution is -2.34. The lowest BCUT2D eigenvalue weighted by Gasteiger charge is -2.21. The predicted molar refractivity (Wildman–Crippen MR) is 152 cm³/mol. The van der Waals surface area contributed by atoms with Crippen LogP contribution in [0.25, 0.3) is 11.3 Å². The minimum atomic E-state index is -0.544. The standard InChI is InChI=1S/C30H33N7O3/c1-21(18-34-29(38)40-30(2,3)4)22-5-7-23(8-6-22)27-24(17-31)19-33-28(36-27)35-25-9-11-26(12-10-25)39-16-15-37-14-13-32-20-37/h5-14,19-21H,15-16,18H2,1-4H3,(H,34,38)(H,33,35,36). The Labute approximate surface area is 234 Å². The maximum absolute atomic E-state index is 12.0. The highest BCUT2D eigenvalue weighted by molar-refractivity contribution is 5.69. The van der Waals surface area contributed by atoms with Crippen LogP contribution in [0.15, 0.2) is 73.4 Å². The summed E-state index contributed by atoms with van der Waals surface area (Å²) in [7, 11) is 0. The second-order valence-corrected chi connectivity index (χ2v) is 10.3. The predicted octanol–water partition coefficient (Wildman–Crippen LogP) is 5.66. The highest BCUT2D eigenvalue weighted by atomic mass is 16.6. The van der Waals surface area contributed by atoms with Gasteiger partial charge < -0.3 is 24.7 Å². The summed E-state index contributed by atoms with van der Waals surface area (Å²) in [4.78, 5) is 24.9. The van der Waals surface area contributed by atoms with Crippen molar-refractivity contribution < 1.29 is 14.3 Å². The Hall–Kier alpha value is -4.91. The van der Waals surface area contributed by atoms with Crippen LogP contribution in [0.3, 0.4) is 0 Å². The number of hydrogen-bond acceptors (Lipinski definition) is 8. The van der Waals surface area contributed by atoms with E-state index in [2.05, 4.69) is 31.7 Å². The van der Waals surface area contributed by atoms with E-state index in [4.69, 9.17) is 9.47 Å². The van der Waals surface area contributed by atoms with Crippen molar-refractivity contribution in [3.8, 4) is 23.1 Å². The summed E-state index contributed by atoms with van der Waals surface area (Å²) in [6, 6.07) is 17.5. The van der Waals surface area contributed by atoms with Gasteiger partial charge in [0, 0.05) is 30.2 Å². The molecule has 0 saturated carbocycles. The number of benzene rings is 2. The first-order chi connectivity index (χ1) is 19.2. The summed E-state index contributed by atoms with van der Waals surface area (Å²) in [5.74, 6) is 1.20. The molecule has 0 aliphatic rings. The van der Waals surface area contributed by atoms with Crippen LogP contribution in [0.1, 0.15) is 44.7 Å². The number of nitrogens with zero attached hydrogens (tertiary/aromatic N) is 5. The Bertz CT molecular complexity index is 1440. The molecule has 1 unspecified atom stereocenters. The minimum Gasteiger partial charge on any atom is -0.492 e. The second kappa shape index (κ2) is 12.8. The maximum Gasteiger partial charge on any atom is 0.407 e. The number of nitriles is 1. The fourth-order valence-corrected chi connectivity index (χ4v) is 3.83. The molecule has 206 valence electrons. The van der Waals surface area contributed by atoms with Crippen LogP contribution in [0.2, 0.25) is 0 Å². The first-order valence-electron chi connectivity index (χ1n) is 13.0. The number of nitrogens with one attached hydrogen (secondary N) is 2. The fourth-order valence-electron chi connectivity index (χ4n) is 3.83. The van der Waals surface area contributed by atoms with Crippen molar-refractivity contribution in [1.82, 2.24) is 24.8 Å². The summed E-state index contributed by atoms with van der Waals surface area (Å²) in [6.07, 6.45) is 6.46. The Morgan fingerprint density at radius 2 is 1.88 bits per heavy atom. The molecule has 2 aromatic carbocycles. The molecule has 2 aromatic heterocycles. The van der Waals surface area contributed by atoms with Gasteiger partial charge in [0.15, 0.2) is 0 Å². The third kappa shape index (κ3) is 8.04. The van der Waals surface area contributed by atoms with E-state index in [0.717, 1.165) is 22.6 Å². The normalized spacial score (nSPS) is 11.8. The highest BCUT2D eigenvalue weighted by Crippen LogP contribution is 2.26. The van der Waals surface area contributed by atoms with Crippen molar-refractivity contribution in [3.05, 3.63) is 84.6 Å². The SMILES string of the molecule is CC(CNC(=O)OC(C)(C)C)c1ccc(-c2nc(Nc3ccc(OCCn4ccnc4)cc3)ncc2C#N)cc1. The summed E-state index contributed by atoms with van der Waals surface area (Å²) >= 11 is 0. The topological polar surface area (TPSA) is 127 Å². The molecular weight excluding hydrogens is 506 g/mol. The van der Waals surface area contributed by atoms with E-state index in [-0.39, 0.29) is 5.92 Å². The Morgan fingerprint density at radius 1 is 1.12 bits per heavy atom. The molecule has 2 N–H and O–H groups in total. The minimum absolute atomic E-state index is 0.0671. The van der Waals surface area contributed by atoms with Crippen LogP contribution in [0.5, 0.6) is 5.75 Å². The zero-order valence-corrected chi connectivity index (χ0v) is 23.1. The third-order valence-electron chi connectivity index (χ3n) is 5.90. The lowest BCUT2D eigenvalue weighted by atomic mass is 9.98. The van der Waals surface area contributed by atoms with Crippen LogP contribution in [0, 0.1) is 11.3 Å². The zero-order chi connectivity index (χ0) is 28.5. The summed E-state index contributed by atoms with van der Waals surface area (Å²) in [5, 5.41) is 15.6. The van der Waals surface area contributed by atoms with Gasteiger partial charge in [-0.25, -0.2) is 19.7 Å². The number of alkyl carbamates (subject to hydrolysis) is 1. The number of hydrogen-bond donors (Lipinski definition) is 2. The van der Waals surface area contributed by atoms with Gasteiger partial charge in [0.05, 0.1) is 30.3 Å². The average Bonchev–Trinajstić information content (AvgIpc) is 3.45. The quantitative estimate of drug-likeness (QED) is 0.264. The lowest BCUT2D eigenvalue weighted by molar-refractivity contribution is 0.0525. The first-order valence-corrected chi connectivity index (χ1v) is 13.0. The maximum atomic E-state index is 12.0. The van der Waals surface area contributed by atoms with Gasteiger partial charge in [-0.3, -0.25) is 0 Å². The van der Waals surface area contributed by atoms with Gasteiger partial charge in [0.2, 0.25) is 5.95 Å².